The number of aromatic nitrogens is 3. The summed E-state index contributed by atoms with van der Waals surface area (Å²) in [6.45, 7) is 0. The molecule has 0 unspecified atom stereocenters. The van der Waals surface area contributed by atoms with Crippen LogP contribution in [0.15, 0.2) is 35.4 Å². The number of imidazole rings is 1. The van der Waals surface area contributed by atoms with E-state index < -0.39 is 10.0 Å². The summed E-state index contributed by atoms with van der Waals surface area (Å²) in [6.07, 6.45) is 7.90. The molecule has 2 heterocycles. The summed E-state index contributed by atoms with van der Waals surface area (Å²) in [7, 11) is -3.69. The minimum absolute atomic E-state index is 0.00291. The van der Waals surface area contributed by atoms with Gasteiger partial charge in [0.25, 0.3) is 0 Å². The molecule has 2 aliphatic carbocycles. The molecule has 5 rings (SSSR count). The van der Waals surface area contributed by atoms with Gasteiger partial charge >= 0.3 is 0 Å². The first-order chi connectivity index (χ1) is 13.9. The number of nitrogen functional groups attached to an aromatic ring is 2. The van der Waals surface area contributed by atoms with Gasteiger partial charge in [-0.15, -0.1) is 0 Å². The van der Waals surface area contributed by atoms with Gasteiger partial charge in [-0.25, -0.2) is 23.1 Å². The Hall–Kier alpha value is -2.65. The van der Waals surface area contributed by atoms with Crippen molar-refractivity contribution >= 4 is 32.8 Å². The van der Waals surface area contributed by atoms with E-state index in [0.717, 1.165) is 42.3 Å². The van der Waals surface area contributed by atoms with Gasteiger partial charge in [-0.05, 0) is 49.4 Å². The minimum Gasteiger partial charge on any atom is -0.383 e. The van der Waals surface area contributed by atoms with Gasteiger partial charge in [-0.1, -0.05) is 18.9 Å². The summed E-state index contributed by atoms with van der Waals surface area (Å²) in [5, 5.41) is 0. The molecule has 0 aliphatic heterocycles. The fourth-order valence-electron chi connectivity index (χ4n) is 4.15. The molecule has 29 heavy (non-hydrogen) atoms. The number of nitrogens with zero attached hydrogens (tertiary/aromatic N) is 3. The predicted octanol–water partition coefficient (Wildman–Crippen LogP) is 2.82. The molecule has 3 aromatic rings. The maximum atomic E-state index is 12.7. The minimum atomic E-state index is -3.69. The number of pyridine rings is 1. The fourth-order valence-corrected chi connectivity index (χ4v) is 5.56. The zero-order chi connectivity index (χ0) is 20.2. The summed E-state index contributed by atoms with van der Waals surface area (Å²) < 4.78 is 30.1. The van der Waals surface area contributed by atoms with Crippen LogP contribution in [-0.2, 0) is 10.0 Å². The summed E-state index contributed by atoms with van der Waals surface area (Å²) >= 11 is 0. The van der Waals surface area contributed by atoms with Gasteiger partial charge in [-0.2, -0.15) is 0 Å². The van der Waals surface area contributed by atoms with Crippen LogP contribution < -0.4 is 16.2 Å². The van der Waals surface area contributed by atoms with Crippen LogP contribution >= 0.6 is 0 Å². The number of hydrogen-bond donors (Lipinski definition) is 3. The molecule has 2 aliphatic rings. The molecule has 2 fully saturated rings. The van der Waals surface area contributed by atoms with E-state index in [0.29, 0.717) is 17.6 Å². The number of nitrogens with two attached hydrogens (primary N) is 2. The van der Waals surface area contributed by atoms with Crippen LogP contribution in [0, 0.1) is 0 Å². The first-order valence-electron chi connectivity index (χ1n) is 9.98. The number of hydrogen-bond acceptors (Lipinski definition) is 6. The van der Waals surface area contributed by atoms with E-state index in [2.05, 4.69) is 19.3 Å². The third kappa shape index (κ3) is 3.34. The lowest BCUT2D eigenvalue weighted by Gasteiger charge is -2.15. The molecule has 0 amide bonds. The van der Waals surface area contributed by atoms with E-state index in [1.807, 2.05) is 18.2 Å². The number of sulfonamides is 1. The molecule has 0 radical (unpaired) electrons. The van der Waals surface area contributed by atoms with Crippen molar-refractivity contribution in [1.29, 1.82) is 0 Å². The molecule has 1 aromatic carbocycles. The van der Waals surface area contributed by atoms with Gasteiger partial charge in [0.2, 0.25) is 16.0 Å². The molecule has 5 N–H and O–H groups in total. The van der Waals surface area contributed by atoms with Crippen molar-refractivity contribution < 1.29 is 8.42 Å². The van der Waals surface area contributed by atoms with Crippen LogP contribution in [0.1, 0.15) is 44.6 Å². The highest BCUT2D eigenvalue weighted by Crippen LogP contribution is 2.36. The zero-order valence-corrected chi connectivity index (χ0v) is 16.8. The fraction of sp³-hybridized carbons (Fsp3) is 0.400. The lowest BCUT2D eigenvalue weighted by molar-refractivity contribution is 0.539. The summed E-state index contributed by atoms with van der Waals surface area (Å²) in [4.78, 5) is 8.67. The van der Waals surface area contributed by atoms with E-state index in [-0.39, 0.29) is 16.8 Å². The van der Waals surface area contributed by atoms with Crippen LogP contribution in [-0.4, -0.2) is 29.0 Å². The average Bonchev–Trinajstić information content (AvgIpc) is 3.20. The number of fused-ring (bicyclic) bond motifs is 1. The number of benzene rings is 1. The molecule has 9 heteroatoms. The highest BCUT2D eigenvalue weighted by molar-refractivity contribution is 7.89. The maximum absolute atomic E-state index is 12.7. The molecule has 152 valence electrons. The Morgan fingerprint density at radius 1 is 1.03 bits per heavy atom. The predicted molar refractivity (Wildman–Crippen MR) is 113 cm³/mol. The van der Waals surface area contributed by atoms with Crippen molar-refractivity contribution in [2.24, 2.45) is 0 Å². The number of anilines is 2. The van der Waals surface area contributed by atoms with Gasteiger partial charge < -0.3 is 16.0 Å². The van der Waals surface area contributed by atoms with E-state index in [4.69, 9.17) is 11.5 Å². The van der Waals surface area contributed by atoms with Crippen LogP contribution in [0.2, 0.25) is 0 Å². The second kappa shape index (κ2) is 6.70. The van der Waals surface area contributed by atoms with Crippen LogP contribution in [0.25, 0.3) is 22.2 Å². The van der Waals surface area contributed by atoms with Crippen molar-refractivity contribution in [2.75, 3.05) is 11.5 Å². The molecular weight excluding hydrogens is 388 g/mol. The molecule has 2 saturated carbocycles. The van der Waals surface area contributed by atoms with E-state index in [1.54, 1.807) is 12.3 Å². The van der Waals surface area contributed by atoms with Gasteiger partial charge in [0, 0.05) is 23.8 Å². The zero-order valence-electron chi connectivity index (χ0n) is 16.0. The lowest BCUT2D eigenvalue weighted by Crippen LogP contribution is -2.26. The van der Waals surface area contributed by atoms with E-state index in [9.17, 15) is 8.42 Å². The Bertz CT molecular complexity index is 1190. The molecule has 0 spiro atoms. The van der Waals surface area contributed by atoms with Crippen molar-refractivity contribution in [3.05, 3.63) is 30.5 Å². The van der Waals surface area contributed by atoms with E-state index in [1.165, 1.54) is 12.8 Å². The molecule has 8 nitrogen and oxygen atoms in total. The average molecular weight is 413 g/mol. The Labute approximate surface area is 169 Å². The lowest BCUT2D eigenvalue weighted by atomic mass is 10.1. The van der Waals surface area contributed by atoms with Crippen LogP contribution in [0.5, 0.6) is 0 Å². The highest BCUT2D eigenvalue weighted by atomic mass is 32.2. The number of rotatable bonds is 5. The topological polar surface area (TPSA) is 129 Å². The van der Waals surface area contributed by atoms with Crippen LogP contribution in [0.3, 0.4) is 0 Å². The summed E-state index contributed by atoms with van der Waals surface area (Å²) in [6, 6.07) is 7.79. The first kappa shape index (κ1) is 18.4. The molecule has 0 saturated heterocycles. The third-order valence-corrected chi connectivity index (χ3v) is 7.36. The second-order valence-electron chi connectivity index (χ2n) is 7.98. The number of nitrogens with one attached hydrogen (secondary N) is 1. The maximum Gasteiger partial charge on any atom is 0.244 e. The Kier molecular flexibility index (Phi) is 4.25. The van der Waals surface area contributed by atoms with Crippen molar-refractivity contribution in [2.45, 2.75) is 55.5 Å². The van der Waals surface area contributed by atoms with Gasteiger partial charge in [0.15, 0.2) is 0 Å². The Morgan fingerprint density at radius 2 is 1.79 bits per heavy atom. The van der Waals surface area contributed by atoms with E-state index >= 15 is 0 Å². The second-order valence-corrected chi connectivity index (χ2v) is 9.67. The highest BCUT2D eigenvalue weighted by Gasteiger charge is 2.30. The standard InChI is InChI=1S/C20H24N6O2S/c21-19-18(29(27,28)25-14-6-7-14)10-13(11-23-19)12-5-8-16-17(9-12)26(20(22)24-16)15-3-1-2-4-15/h5,8-11,14-15,25H,1-4,6-7H2,(H2,21,23)(H2,22,24). The van der Waals surface area contributed by atoms with Crippen LogP contribution in [0.4, 0.5) is 11.8 Å². The third-order valence-electron chi connectivity index (χ3n) is 5.81. The molecule has 0 atom stereocenters. The van der Waals surface area contributed by atoms with Gasteiger partial charge in [0.05, 0.1) is 11.0 Å². The first-order valence-corrected chi connectivity index (χ1v) is 11.5. The molecular formula is C20H24N6O2S. The monoisotopic (exact) mass is 412 g/mol. The van der Waals surface area contributed by atoms with Crippen molar-refractivity contribution in [3.8, 4) is 11.1 Å². The molecule has 2 aromatic heterocycles. The van der Waals surface area contributed by atoms with Gasteiger partial charge in [-0.3, -0.25) is 0 Å². The van der Waals surface area contributed by atoms with Gasteiger partial charge in [0.1, 0.15) is 10.7 Å². The smallest absolute Gasteiger partial charge is 0.244 e. The SMILES string of the molecule is Nc1ncc(-c2ccc3nc(N)n(C4CCCC4)c3c2)cc1S(=O)(=O)NC1CC1. The Balaban J connectivity index is 1.58. The quantitative estimate of drug-likeness (QED) is 0.591. The summed E-state index contributed by atoms with van der Waals surface area (Å²) in [5.74, 6) is 0.527. The van der Waals surface area contributed by atoms with Crippen molar-refractivity contribution in [1.82, 2.24) is 19.3 Å². The summed E-state index contributed by atoms with van der Waals surface area (Å²) in [5.41, 5.74) is 15.4. The normalized spacial score (nSPS) is 17.9. The van der Waals surface area contributed by atoms with Crippen molar-refractivity contribution in [3.63, 3.8) is 0 Å². The largest absolute Gasteiger partial charge is 0.383 e. The molecule has 0 bridgehead atoms. The Morgan fingerprint density at radius 3 is 2.52 bits per heavy atom.